The summed E-state index contributed by atoms with van der Waals surface area (Å²) < 4.78 is 126. The maximum atomic E-state index is 15.0. The highest BCUT2D eigenvalue weighted by Gasteiger charge is 2.42. The average Bonchev–Trinajstić information content (AvgIpc) is 0.834. The lowest BCUT2D eigenvalue weighted by Gasteiger charge is -2.32. The third-order valence-corrected chi connectivity index (χ3v) is 30.8. The second-order valence-corrected chi connectivity index (χ2v) is 60.0. The fourth-order valence-corrected chi connectivity index (χ4v) is 19.7. The highest BCUT2D eigenvalue weighted by atomic mass is 32.2. The molecule has 0 aromatic heterocycles. The van der Waals surface area contributed by atoms with Gasteiger partial charge in [-0.05, 0) is 84.2 Å². The van der Waals surface area contributed by atoms with Crippen LogP contribution in [0.25, 0.3) is 0 Å². The lowest BCUT2D eigenvalue weighted by molar-refractivity contribution is -0.344. The quantitative estimate of drug-likeness (QED) is 0.0196. The number of hydrogen-bond acceptors (Lipinski definition) is 23. The fourth-order valence-electron chi connectivity index (χ4n) is 10.5. The number of primary amides is 1. The van der Waals surface area contributed by atoms with Gasteiger partial charge in [-0.1, -0.05) is 122 Å². The van der Waals surface area contributed by atoms with Crippen molar-refractivity contribution in [1.82, 2.24) is 47.9 Å². The van der Waals surface area contributed by atoms with Gasteiger partial charge in [0.15, 0.2) is 0 Å². The Bertz CT molecular complexity index is 3330. The lowest BCUT2D eigenvalue weighted by Crippen LogP contribution is -2.63. The minimum Gasteiger partial charge on any atom is -0.542 e. The van der Waals surface area contributed by atoms with E-state index in [2.05, 4.69) is 128 Å². The molecule has 49 heteroatoms. The molecule has 13 N–H and O–H groups in total. The molecule has 0 unspecified atom stereocenters. The van der Waals surface area contributed by atoms with Gasteiger partial charge >= 0.3 is 24.7 Å². The minimum absolute atomic E-state index is 0.135. The van der Waals surface area contributed by atoms with Crippen LogP contribution in [0.5, 0.6) is 0 Å². The summed E-state index contributed by atoms with van der Waals surface area (Å²) in [6, 6.07) is -10.9. The molecular weight excluding hydrogens is 1880 g/mol. The van der Waals surface area contributed by atoms with Crippen LogP contribution in [0.2, 0.25) is 0 Å². The van der Waals surface area contributed by atoms with Gasteiger partial charge in [-0.3, -0.25) is 47.9 Å². The summed E-state index contributed by atoms with van der Waals surface area (Å²) in [5, 5.41) is 61.6. The average molecular weight is 2030 g/mol. The number of hydrogen-bond donors (Lipinski definition) is 11. The first kappa shape index (κ1) is 132. The van der Waals surface area contributed by atoms with E-state index in [1.54, 1.807) is 23.5 Å². The zero-order valence-corrected chi connectivity index (χ0v) is 85.6. The predicted molar refractivity (Wildman–Crippen MR) is 492 cm³/mol. The number of thioether (sulfide) groups is 4. The Hall–Kier alpha value is -5.18. The Morgan fingerprint density at radius 2 is 0.434 bits per heavy atom. The van der Waals surface area contributed by atoms with Crippen LogP contribution in [0.4, 0.5) is 52.7 Å². The molecule has 0 spiro atoms. The standard InChI is InChI=1S/C72H141N11O10P4S4.4C2HF3O2/c1-25-47(7)57(67(88)75-54(63(74)84)44-99-40-32-36-95(16,17)18)81-71(92)61(51(11)29-5)79-65(86)56(46-101-42-34-38-97(22,23)24)77-69(90)59(49(9)27-3)83-72(93)62(52(12)30-6)80-66(87)55(45-100-41-33-37-96(19,20)21)76-68(89)58(48(8)26-2)82-70(91)60(50(10)28-4)78-64(85)53(73)43-98-39-31-35-94(13,14)15;4*3-2(4,5)1(6)7/h47-62H,25-46,73H2,1-24H3,(H7-4,74,75,76,77,78,79,80,81,82,83,84,85,86,87,88,89,90,91,92,93);4*(H,6,7)/t47-,48-,49-,50-,51-,52-,53-,54-,55-,56-,57-,58-,59-,60-,61-,62-;;;;/m0..../s1. The molecule has 756 valence electrons. The Morgan fingerprint density at radius 3 is 0.605 bits per heavy atom. The maximum absolute atomic E-state index is 15.0. The molecule has 129 heavy (non-hydrogen) atoms. The first-order valence-corrected chi connectivity index (χ1v) is 59.9. The SMILES string of the molecule is CC[C@H](C)[C@H](NC(=O)[C@H](CSCCC[P+](C)(C)C)NC(=O)[C@@H](NC(=O)[C@@H](NC(=O)[C@H](CSCCC[P+](C)(C)C)NC(=O)[C@@H](NC(=O)[C@@H](NC(=O)[C@@H](N)CSCCC[P+](C)(C)C)[C@@H](C)CC)[C@@H](C)CC)[C@@H](C)CC)[C@@H](C)CC)C(=O)N[C@H](C(=O)N[C@@H](CSCCC[P+](C)(C)C)C(N)=O)[C@@H](C)CC.O=C([O-])C(F)(F)F.O=C([O-])C(F)(F)F.O=C([O-])C(F)(F)F.O=C([O-])C(F)(F)F. The molecule has 0 bridgehead atoms. The summed E-state index contributed by atoms with van der Waals surface area (Å²) in [4.78, 5) is 179. The third-order valence-electron chi connectivity index (χ3n) is 19.6. The number of carboxylic acids is 4. The molecule has 10 amide bonds. The molecule has 29 nitrogen and oxygen atoms in total. The monoisotopic (exact) mass is 2030 g/mol. The van der Waals surface area contributed by atoms with E-state index in [4.69, 9.17) is 51.1 Å². The summed E-state index contributed by atoms with van der Waals surface area (Å²) in [5.74, 6) is -16.5. The number of carboxylic acid groups (broad SMARTS) is 4. The van der Waals surface area contributed by atoms with Crippen LogP contribution in [0.3, 0.4) is 0 Å². The summed E-state index contributed by atoms with van der Waals surface area (Å²) >= 11 is 6.16. The molecular formula is C80H145F12N11O18P4S4. The van der Waals surface area contributed by atoms with Crippen molar-refractivity contribution in [3.8, 4) is 0 Å². The molecule has 0 aromatic carbocycles. The second kappa shape index (κ2) is 64.7. The van der Waals surface area contributed by atoms with E-state index < -0.39 is 221 Å². The van der Waals surface area contributed by atoms with Crippen LogP contribution in [0.15, 0.2) is 0 Å². The van der Waals surface area contributed by atoms with Crippen molar-refractivity contribution in [3.63, 3.8) is 0 Å². The summed E-state index contributed by atoms with van der Waals surface area (Å²) in [5.41, 5.74) is 12.2. The van der Waals surface area contributed by atoms with E-state index in [0.717, 1.165) is 61.8 Å². The van der Waals surface area contributed by atoms with E-state index in [1.165, 1.54) is 23.5 Å². The van der Waals surface area contributed by atoms with Gasteiger partial charge in [-0.25, -0.2) is 0 Å². The van der Waals surface area contributed by atoms with Crippen molar-refractivity contribution >= 4 is 159 Å². The van der Waals surface area contributed by atoms with Crippen molar-refractivity contribution in [2.45, 2.75) is 232 Å². The van der Waals surface area contributed by atoms with Crippen molar-refractivity contribution < 1.29 is 140 Å². The van der Waals surface area contributed by atoms with Crippen LogP contribution in [0.1, 0.15) is 147 Å². The fraction of sp³-hybridized carbons (Fsp3) is 0.825. The van der Waals surface area contributed by atoms with E-state index in [0.29, 0.717) is 55.8 Å². The summed E-state index contributed by atoms with van der Waals surface area (Å²) in [6.07, 6.45) is -9.82. The number of aliphatic carboxylic acids is 4. The van der Waals surface area contributed by atoms with Crippen LogP contribution in [0, 0.1) is 35.5 Å². The van der Waals surface area contributed by atoms with Crippen LogP contribution < -0.4 is 79.7 Å². The van der Waals surface area contributed by atoms with Gasteiger partial charge in [0.25, 0.3) is 0 Å². The van der Waals surface area contributed by atoms with Crippen LogP contribution >= 0.6 is 76.1 Å². The number of carbonyl (C=O) groups excluding carboxylic acids is 14. The van der Waals surface area contributed by atoms with Gasteiger partial charge in [-0.15, -0.1) is 0 Å². The van der Waals surface area contributed by atoms with Gasteiger partial charge in [0, 0.05) is 132 Å². The van der Waals surface area contributed by atoms with Crippen molar-refractivity contribution in [2.24, 2.45) is 47.0 Å². The largest absolute Gasteiger partial charge is 0.542 e. The molecule has 0 radical (unpaired) electrons. The molecule has 0 aliphatic rings. The van der Waals surface area contributed by atoms with E-state index >= 15 is 0 Å². The zero-order valence-electron chi connectivity index (χ0n) is 78.8. The van der Waals surface area contributed by atoms with E-state index in [1.807, 2.05) is 83.1 Å². The molecule has 16 atom stereocenters. The van der Waals surface area contributed by atoms with Crippen LogP contribution in [-0.2, 0) is 67.1 Å². The van der Waals surface area contributed by atoms with Crippen molar-refractivity contribution in [1.29, 1.82) is 0 Å². The first-order chi connectivity index (χ1) is 58.6. The topological polar surface area (TPSA) is 492 Å². The first-order valence-electron chi connectivity index (χ1n) is 42.0. The number of carbonyl (C=O) groups is 14. The highest BCUT2D eigenvalue weighted by Crippen LogP contribution is 2.49. The number of nitrogens with two attached hydrogens (primary N) is 2. The molecule has 0 saturated heterocycles. The van der Waals surface area contributed by atoms with E-state index in [-0.39, 0.29) is 29.1 Å². The molecule has 0 fully saturated rings. The van der Waals surface area contributed by atoms with Gasteiger partial charge in [-0.2, -0.15) is 99.7 Å². The number of rotatable bonds is 55. The van der Waals surface area contributed by atoms with Crippen molar-refractivity contribution in [2.75, 3.05) is 151 Å². The molecule has 0 aromatic rings. The number of nitrogens with one attached hydrogen (secondary N) is 9. The van der Waals surface area contributed by atoms with Gasteiger partial charge in [0.2, 0.25) is 59.1 Å². The molecule has 0 heterocycles. The summed E-state index contributed by atoms with van der Waals surface area (Å²) in [6.45, 7) is 49.7. The van der Waals surface area contributed by atoms with Gasteiger partial charge in [0.1, 0.15) is 78.3 Å². The third kappa shape index (κ3) is 64.4. The number of amides is 10. The Morgan fingerprint density at radius 1 is 0.279 bits per heavy atom. The minimum atomic E-state index is -5.19. The van der Waals surface area contributed by atoms with Crippen molar-refractivity contribution in [3.05, 3.63) is 0 Å². The van der Waals surface area contributed by atoms with E-state index in [9.17, 15) is 101 Å². The maximum Gasteiger partial charge on any atom is 0.430 e. The zero-order chi connectivity index (χ0) is 102. The smallest absolute Gasteiger partial charge is 0.430 e. The molecule has 0 rings (SSSR count). The Labute approximate surface area is 772 Å². The normalized spacial score (nSPS) is 15.8. The lowest BCUT2D eigenvalue weighted by atomic mass is 9.94. The highest BCUT2D eigenvalue weighted by molar-refractivity contribution is 8.00. The number of halogens is 12. The predicted octanol–water partition coefficient (Wildman–Crippen LogP) is 5.75. The number of alkyl halides is 12. The Kier molecular flexibility index (Phi) is 66.4. The molecule has 0 aliphatic carbocycles. The summed E-state index contributed by atoms with van der Waals surface area (Å²) in [7, 11) is -4.13. The van der Waals surface area contributed by atoms with Crippen LogP contribution in [-0.4, -0.2) is 319 Å². The van der Waals surface area contributed by atoms with Gasteiger partial charge in [0.05, 0.1) is 30.7 Å². The van der Waals surface area contributed by atoms with Gasteiger partial charge < -0.3 is 98.9 Å². The molecule has 0 aliphatic heterocycles. The second-order valence-electron chi connectivity index (χ2n) is 35.3. The molecule has 0 saturated carbocycles. The Balaban J connectivity index is -0.00000156.